The molecule has 0 aliphatic carbocycles. The summed E-state index contributed by atoms with van der Waals surface area (Å²) in [6.45, 7) is 6.25. The maximum absolute atomic E-state index is 8.59. The lowest BCUT2D eigenvalue weighted by Crippen LogP contribution is -2.23. The molecule has 0 bridgehead atoms. The van der Waals surface area contributed by atoms with E-state index in [1.165, 1.54) is 5.56 Å². The van der Waals surface area contributed by atoms with Crippen LogP contribution in [0.15, 0.2) is 18.5 Å². The van der Waals surface area contributed by atoms with Crippen LogP contribution in [0.25, 0.3) is 0 Å². The van der Waals surface area contributed by atoms with Crippen molar-refractivity contribution in [2.24, 2.45) is 0 Å². The Morgan fingerprint density at radius 2 is 2.29 bits per heavy atom. The standard InChI is InChI=1S/C11H15N3/c1-3-14(5-4-12)9-11-6-10(2)7-13-8-11/h6-8H,3,5,9H2,1-2H3. The number of nitriles is 1. The quantitative estimate of drug-likeness (QED) is 0.677. The van der Waals surface area contributed by atoms with E-state index < -0.39 is 0 Å². The molecule has 0 saturated carbocycles. The van der Waals surface area contributed by atoms with Gasteiger partial charge in [0.05, 0.1) is 12.6 Å². The number of aromatic nitrogens is 1. The molecule has 0 radical (unpaired) electrons. The maximum Gasteiger partial charge on any atom is 0.0868 e. The third-order valence-corrected chi connectivity index (χ3v) is 2.08. The lowest BCUT2D eigenvalue weighted by molar-refractivity contribution is 0.314. The Labute approximate surface area is 85.0 Å². The third-order valence-electron chi connectivity index (χ3n) is 2.08. The van der Waals surface area contributed by atoms with E-state index in [9.17, 15) is 0 Å². The van der Waals surface area contributed by atoms with E-state index in [1.54, 1.807) is 0 Å². The van der Waals surface area contributed by atoms with Crippen molar-refractivity contribution in [3.8, 4) is 6.07 Å². The molecular weight excluding hydrogens is 174 g/mol. The Morgan fingerprint density at radius 1 is 1.50 bits per heavy atom. The van der Waals surface area contributed by atoms with Crippen LogP contribution >= 0.6 is 0 Å². The minimum absolute atomic E-state index is 0.477. The molecule has 0 fully saturated rings. The van der Waals surface area contributed by atoms with Gasteiger partial charge < -0.3 is 0 Å². The highest BCUT2D eigenvalue weighted by Crippen LogP contribution is 2.04. The molecule has 0 aliphatic heterocycles. The average Bonchev–Trinajstić information content (AvgIpc) is 2.17. The Bertz CT molecular complexity index is 328. The van der Waals surface area contributed by atoms with Crippen molar-refractivity contribution < 1.29 is 0 Å². The average molecular weight is 189 g/mol. The van der Waals surface area contributed by atoms with E-state index in [-0.39, 0.29) is 0 Å². The molecule has 0 atom stereocenters. The molecule has 0 aliphatic rings. The lowest BCUT2D eigenvalue weighted by Gasteiger charge is -2.16. The SMILES string of the molecule is CCN(CC#N)Cc1cncc(C)c1. The van der Waals surface area contributed by atoms with Crippen molar-refractivity contribution in [1.29, 1.82) is 5.26 Å². The highest BCUT2D eigenvalue weighted by atomic mass is 15.1. The molecule has 14 heavy (non-hydrogen) atoms. The normalized spacial score (nSPS) is 10.1. The maximum atomic E-state index is 8.59. The summed E-state index contributed by atoms with van der Waals surface area (Å²) >= 11 is 0. The Balaban J connectivity index is 2.63. The van der Waals surface area contributed by atoms with Gasteiger partial charge in [-0.15, -0.1) is 0 Å². The predicted octanol–water partition coefficient (Wildman–Crippen LogP) is 1.74. The molecular formula is C11H15N3. The van der Waals surface area contributed by atoms with Crippen LogP contribution in [0, 0.1) is 18.3 Å². The number of hydrogen-bond acceptors (Lipinski definition) is 3. The second-order valence-corrected chi connectivity index (χ2v) is 3.33. The van der Waals surface area contributed by atoms with Crippen molar-refractivity contribution in [1.82, 2.24) is 9.88 Å². The number of rotatable bonds is 4. The summed E-state index contributed by atoms with van der Waals surface area (Å²) in [5.41, 5.74) is 2.33. The monoisotopic (exact) mass is 189 g/mol. The van der Waals surface area contributed by atoms with Gasteiger partial charge in [-0.3, -0.25) is 9.88 Å². The minimum Gasteiger partial charge on any atom is -0.286 e. The summed E-state index contributed by atoms with van der Waals surface area (Å²) in [6.07, 6.45) is 3.69. The van der Waals surface area contributed by atoms with Crippen molar-refractivity contribution >= 4 is 0 Å². The van der Waals surface area contributed by atoms with Gasteiger partial charge in [-0.2, -0.15) is 5.26 Å². The summed E-state index contributed by atoms with van der Waals surface area (Å²) in [6, 6.07) is 4.26. The molecule has 74 valence electrons. The molecule has 0 spiro atoms. The number of aryl methyl sites for hydroxylation is 1. The van der Waals surface area contributed by atoms with E-state index in [0.29, 0.717) is 6.54 Å². The number of hydrogen-bond donors (Lipinski definition) is 0. The Morgan fingerprint density at radius 3 is 2.86 bits per heavy atom. The summed E-state index contributed by atoms with van der Waals surface area (Å²) in [7, 11) is 0. The molecule has 0 amide bonds. The van der Waals surface area contributed by atoms with Gasteiger partial charge in [-0.25, -0.2) is 0 Å². The van der Waals surface area contributed by atoms with E-state index in [0.717, 1.165) is 18.7 Å². The molecule has 1 rings (SSSR count). The highest BCUT2D eigenvalue weighted by Gasteiger charge is 2.02. The molecule has 1 heterocycles. The smallest absolute Gasteiger partial charge is 0.0868 e. The fourth-order valence-corrected chi connectivity index (χ4v) is 1.34. The van der Waals surface area contributed by atoms with Gasteiger partial charge in [0.2, 0.25) is 0 Å². The van der Waals surface area contributed by atoms with E-state index in [1.807, 2.05) is 19.3 Å². The summed E-state index contributed by atoms with van der Waals surface area (Å²) < 4.78 is 0. The molecule has 0 aromatic carbocycles. The van der Waals surface area contributed by atoms with Crippen LogP contribution in [0.4, 0.5) is 0 Å². The first-order valence-electron chi connectivity index (χ1n) is 4.76. The van der Waals surface area contributed by atoms with E-state index >= 15 is 0 Å². The van der Waals surface area contributed by atoms with Gasteiger partial charge >= 0.3 is 0 Å². The first-order valence-corrected chi connectivity index (χ1v) is 4.76. The zero-order valence-corrected chi connectivity index (χ0v) is 8.70. The van der Waals surface area contributed by atoms with Crippen molar-refractivity contribution in [3.63, 3.8) is 0 Å². The van der Waals surface area contributed by atoms with E-state index in [4.69, 9.17) is 5.26 Å². The molecule has 1 aromatic rings. The lowest BCUT2D eigenvalue weighted by atomic mass is 10.2. The van der Waals surface area contributed by atoms with Gasteiger partial charge in [-0.1, -0.05) is 13.0 Å². The van der Waals surface area contributed by atoms with Crippen LogP contribution in [-0.2, 0) is 6.54 Å². The number of nitrogens with zero attached hydrogens (tertiary/aromatic N) is 3. The second kappa shape index (κ2) is 5.36. The van der Waals surface area contributed by atoms with Crippen molar-refractivity contribution in [2.75, 3.05) is 13.1 Å². The third kappa shape index (κ3) is 3.15. The second-order valence-electron chi connectivity index (χ2n) is 3.33. The van der Waals surface area contributed by atoms with Crippen LogP contribution in [0.1, 0.15) is 18.1 Å². The van der Waals surface area contributed by atoms with Gasteiger partial charge in [0.15, 0.2) is 0 Å². The Hall–Kier alpha value is -1.40. The summed E-state index contributed by atoms with van der Waals surface area (Å²) in [5.74, 6) is 0. The van der Waals surface area contributed by atoms with Crippen molar-refractivity contribution in [2.45, 2.75) is 20.4 Å². The zero-order valence-electron chi connectivity index (χ0n) is 8.70. The topological polar surface area (TPSA) is 39.9 Å². The Kier molecular flexibility index (Phi) is 4.09. The fourth-order valence-electron chi connectivity index (χ4n) is 1.34. The number of pyridine rings is 1. The molecule has 0 saturated heterocycles. The molecule has 0 N–H and O–H groups in total. The van der Waals surface area contributed by atoms with E-state index in [2.05, 4.69) is 28.9 Å². The van der Waals surface area contributed by atoms with Gasteiger partial charge in [0.25, 0.3) is 0 Å². The van der Waals surface area contributed by atoms with Crippen LogP contribution in [0.5, 0.6) is 0 Å². The van der Waals surface area contributed by atoms with Gasteiger partial charge in [0, 0.05) is 18.9 Å². The van der Waals surface area contributed by atoms with Crippen LogP contribution in [-0.4, -0.2) is 23.0 Å². The summed E-state index contributed by atoms with van der Waals surface area (Å²) in [4.78, 5) is 6.20. The largest absolute Gasteiger partial charge is 0.286 e. The van der Waals surface area contributed by atoms with Crippen LogP contribution < -0.4 is 0 Å². The van der Waals surface area contributed by atoms with Gasteiger partial charge in [-0.05, 0) is 24.6 Å². The first-order chi connectivity index (χ1) is 6.76. The molecule has 1 aromatic heterocycles. The van der Waals surface area contributed by atoms with Gasteiger partial charge in [0.1, 0.15) is 0 Å². The zero-order chi connectivity index (χ0) is 10.4. The van der Waals surface area contributed by atoms with Crippen LogP contribution in [0.2, 0.25) is 0 Å². The first kappa shape index (κ1) is 10.7. The molecule has 3 nitrogen and oxygen atoms in total. The van der Waals surface area contributed by atoms with Crippen molar-refractivity contribution in [3.05, 3.63) is 29.6 Å². The fraction of sp³-hybridized carbons (Fsp3) is 0.455. The predicted molar refractivity (Wildman–Crippen MR) is 55.5 cm³/mol. The van der Waals surface area contributed by atoms with Crippen LogP contribution in [0.3, 0.4) is 0 Å². The molecule has 0 unspecified atom stereocenters. The minimum atomic E-state index is 0.477. The molecule has 3 heteroatoms. The summed E-state index contributed by atoms with van der Waals surface area (Å²) in [5, 5.41) is 8.59. The highest BCUT2D eigenvalue weighted by molar-refractivity contribution is 5.16.